The van der Waals surface area contributed by atoms with Crippen molar-refractivity contribution >= 4 is 5.78 Å². The van der Waals surface area contributed by atoms with E-state index in [9.17, 15) is 26.7 Å². The van der Waals surface area contributed by atoms with Gasteiger partial charge in [0.25, 0.3) is 6.43 Å². The molecule has 1 fully saturated rings. The summed E-state index contributed by atoms with van der Waals surface area (Å²) in [4.78, 5) is 12.5. The first kappa shape index (κ1) is 24.6. The Morgan fingerprint density at radius 3 is 2.17 bits per heavy atom. The first-order chi connectivity index (χ1) is 14.2. The summed E-state index contributed by atoms with van der Waals surface area (Å²) in [6.45, 7) is 3.62. The van der Waals surface area contributed by atoms with Gasteiger partial charge in [-0.3, -0.25) is 4.79 Å². The highest BCUT2D eigenvalue weighted by atomic mass is 19.4. The van der Waals surface area contributed by atoms with Gasteiger partial charge < -0.3 is 4.74 Å². The molecule has 2 nitrogen and oxygen atoms in total. The largest absolute Gasteiger partial charge is 0.493 e. The average Bonchev–Trinajstić information content (AvgIpc) is 2.68. The number of rotatable bonds is 10. The molecule has 0 saturated heterocycles. The van der Waals surface area contributed by atoms with Gasteiger partial charge in [-0.15, -0.1) is 0 Å². The quantitative estimate of drug-likeness (QED) is 0.275. The van der Waals surface area contributed by atoms with Gasteiger partial charge in [0.1, 0.15) is 5.75 Å². The van der Waals surface area contributed by atoms with Crippen LogP contribution in [0.5, 0.6) is 5.75 Å². The van der Waals surface area contributed by atoms with E-state index in [1.54, 1.807) is 0 Å². The van der Waals surface area contributed by atoms with Crippen molar-refractivity contribution in [3.8, 4) is 5.75 Å². The standard InChI is InChI=1S/C23H31F5O2/c1-3-6-15-9-11-16(12-10-15)7-5-8-18(29)17-13-14-19(30-4-2)20(22(24)25)21(17)23(26,27)28/h13-16,22H,3-12H2,1-2H3. The molecule has 1 aliphatic rings. The third-order valence-corrected chi connectivity index (χ3v) is 5.99. The van der Waals surface area contributed by atoms with E-state index in [1.165, 1.54) is 32.6 Å². The van der Waals surface area contributed by atoms with E-state index < -0.39 is 40.8 Å². The number of ketones is 1. The number of Topliss-reactive ketones (excluding diaryl/α,β-unsaturated/α-hetero) is 1. The Kier molecular flexibility index (Phi) is 9.10. The van der Waals surface area contributed by atoms with E-state index >= 15 is 0 Å². The van der Waals surface area contributed by atoms with Crippen LogP contribution in [0.3, 0.4) is 0 Å². The molecule has 0 bridgehead atoms. The maximum Gasteiger partial charge on any atom is 0.417 e. The second-order valence-corrected chi connectivity index (χ2v) is 8.12. The topological polar surface area (TPSA) is 26.3 Å². The molecule has 7 heteroatoms. The van der Waals surface area contributed by atoms with Crippen LogP contribution >= 0.6 is 0 Å². The predicted molar refractivity (Wildman–Crippen MR) is 106 cm³/mol. The van der Waals surface area contributed by atoms with Gasteiger partial charge in [0, 0.05) is 12.0 Å². The second kappa shape index (κ2) is 11.1. The number of ether oxygens (including phenoxy) is 1. The van der Waals surface area contributed by atoms with Crippen LogP contribution in [0.15, 0.2) is 12.1 Å². The molecule has 0 radical (unpaired) electrons. The molecule has 1 aromatic carbocycles. The van der Waals surface area contributed by atoms with Gasteiger partial charge in [-0.1, -0.05) is 51.9 Å². The van der Waals surface area contributed by atoms with Crippen molar-refractivity contribution in [3.63, 3.8) is 0 Å². The summed E-state index contributed by atoms with van der Waals surface area (Å²) in [5.41, 5.74) is -3.49. The molecule has 0 amide bonds. The Morgan fingerprint density at radius 1 is 1.07 bits per heavy atom. The third-order valence-electron chi connectivity index (χ3n) is 5.99. The minimum absolute atomic E-state index is 0.0508. The predicted octanol–water partition coefficient (Wildman–Crippen LogP) is 8.00. The summed E-state index contributed by atoms with van der Waals surface area (Å²) in [5.74, 6) is -0.0176. The van der Waals surface area contributed by atoms with Crippen LogP contribution < -0.4 is 4.74 Å². The minimum Gasteiger partial charge on any atom is -0.493 e. The molecule has 0 spiro atoms. The van der Waals surface area contributed by atoms with Crippen molar-refractivity contribution in [3.05, 3.63) is 28.8 Å². The van der Waals surface area contributed by atoms with E-state index in [-0.39, 0.29) is 13.0 Å². The van der Waals surface area contributed by atoms with Crippen LogP contribution in [0.2, 0.25) is 0 Å². The molecule has 170 valence electrons. The van der Waals surface area contributed by atoms with Crippen molar-refractivity contribution in [2.24, 2.45) is 11.8 Å². The number of halogens is 5. The van der Waals surface area contributed by atoms with Crippen molar-refractivity contribution in [1.29, 1.82) is 0 Å². The maximum atomic E-state index is 13.6. The Morgan fingerprint density at radius 2 is 1.67 bits per heavy atom. The fourth-order valence-electron chi connectivity index (χ4n) is 4.54. The zero-order chi connectivity index (χ0) is 22.3. The number of carbonyl (C=O) groups is 1. The monoisotopic (exact) mass is 434 g/mol. The van der Waals surface area contributed by atoms with E-state index in [0.29, 0.717) is 12.3 Å². The lowest BCUT2D eigenvalue weighted by atomic mass is 9.78. The molecule has 1 aromatic rings. The summed E-state index contributed by atoms with van der Waals surface area (Å²) in [6.07, 6.45) is -0.366. The number of hydrogen-bond acceptors (Lipinski definition) is 2. The highest BCUT2D eigenvalue weighted by Crippen LogP contribution is 2.44. The molecule has 0 aromatic heterocycles. The average molecular weight is 434 g/mol. The lowest BCUT2D eigenvalue weighted by Crippen LogP contribution is -2.18. The first-order valence-electron chi connectivity index (χ1n) is 10.9. The molecule has 2 rings (SSSR count). The molecule has 1 aliphatic carbocycles. The Bertz CT molecular complexity index is 692. The maximum absolute atomic E-state index is 13.6. The van der Waals surface area contributed by atoms with Gasteiger partial charge >= 0.3 is 6.18 Å². The van der Waals surface area contributed by atoms with Crippen LogP contribution in [0.4, 0.5) is 22.0 Å². The number of benzene rings is 1. The van der Waals surface area contributed by atoms with Gasteiger partial charge in [0.15, 0.2) is 5.78 Å². The Labute approximate surface area is 175 Å². The van der Waals surface area contributed by atoms with Crippen LogP contribution in [0.1, 0.15) is 99.5 Å². The van der Waals surface area contributed by atoms with Crippen LogP contribution in [0.25, 0.3) is 0 Å². The molecular formula is C23H31F5O2. The van der Waals surface area contributed by atoms with Crippen LogP contribution in [-0.4, -0.2) is 12.4 Å². The van der Waals surface area contributed by atoms with Gasteiger partial charge in [0.2, 0.25) is 0 Å². The number of hydrogen-bond donors (Lipinski definition) is 0. The lowest BCUT2D eigenvalue weighted by molar-refractivity contribution is -0.140. The van der Waals surface area contributed by atoms with Gasteiger partial charge in [0.05, 0.1) is 17.7 Å². The van der Waals surface area contributed by atoms with Crippen molar-refractivity contribution < 1.29 is 31.5 Å². The summed E-state index contributed by atoms with van der Waals surface area (Å²) in [7, 11) is 0. The highest BCUT2D eigenvalue weighted by molar-refractivity contribution is 5.98. The van der Waals surface area contributed by atoms with E-state index in [1.807, 2.05) is 0 Å². The summed E-state index contributed by atoms with van der Waals surface area (Å²) >= 11 is 0. The molecule has 30 heavy (non-hydrogen) atoms. The Hall–Kier alpha value is -1.66. The molecule has 0 N–H and O–H groups in total. The fourth-order valence-corrected chi connectivity index (χ4v) is 4.54. The van der Waals surface area contributed by atoms with Gasteiger partial charge in [-0.25, -0.2) is 8.78 Å². The Balaban J connectivity index is 2.09. The zero-order valence-corrected chi connectivity index (χ0v) is 17.7. The summed E-state index contributed by atoms with van der Waals surface area (Å²) < 4.78 is 72.8. The highest BCUT2D eigenvalue weighted by Gasteiger charge is 2.41. The van der Waals surface area contributed by atoms with Crippen molar-refractivity contribution in [1.82, 2.24) is 0 Å². The SMILES string of the molecule is CCCC1CCC(CCCC(=O)c2ccc(OCC)c(C(F)F)c2C(F)(F)F)CC1. The number of carbonyl (C=O) groups excluding carboxylic acids is 1. The third kappa shape index (κ3) is 6.42. The van der Waals surface area contributed by atoms with E-state index in [4.69, 9.17) is 4.74 Å². The number of alkyl halides is 5. The smallest absolute Gasteiger partial charge is 0.417 e. The summed E-state index contributed by atoms with van der Waals surface area (Å²) in [6, 6.07) is 2.01. The molecule has 0 unspecified atom stereocenters. The van der Waals surface area contributed by atoms with Crippen molar-refractivity contribution in [2.45, 2.75) is 84.2 Å². The second-order valence-electron chi connectivity index (χ2n) is 8.12. The van der Waals surface area contributed by atoms with E-state index in [0.717, 1.165) is 37.3 Å². The zero-order valence-electron chi connectivity index (χ0n) is 17.7. The molecular weight excluding hydrogens is 403 g/mol. The summed E-state index contributed by atoms with van der Waals surface area (Å²) in [5, 5.41) is 0. The van der Waals surface area contributed by atoms with Gasteiger partial charge in [-0.2, -0.15) is 13.2 Å². The fraction of sp³-hybridized carbons (Fsp3) is 0.696. The normalized spacial score (nSPS) is 19.9. The van der Waals surface area contributed by atoms with Crippen LogP contribution in [0, 0.1) is 11.8 Å². The minimum atomic E-state index is -5.07. The molecule has 0 atom stereocenters. The van der Waals surface area contributed by atoms with Crippen molar-refractivity contribution in [2.75, 3.05) is 6.61 Å². The van der Waals surface area contributed by atoms with Gasteiger partial charge in [-0.05, 0) is 37.3 Å². The van der Waals surface area contributed by atoms with E-state index in [2.05, 4.69) is 6.92 Å². The molecule has 0 heterocycles. The first-order valence-corrected chi connectivity index (χ1v) is 10.9. The molecule has 0 aliphatic heterocycles. The lowest BCUT2D eigenvalue weighted by Gasteiger charge is -2.28. The van der Waals surface area contributed by atoms with Crippen LogP contribution in [-0.2, 0) is 6.18 Å². The molecule has 1 saturated carbocycles.